The van der Waals surface area contributed by atoms with Crippen LogP contribution in [0.3, 0.4) is 0 Å². The van der Waals surface area contributed by atoms with Crippen molar-refractivity contribution in [1.29, 1.82) is 0 Å². The largest absolute Gasteiger partial charge is 0.494 e. The summed E-state index contributed by atoms with van der Waals surface area (Å²) in [6, 6.07) is 9.81. The van der Waals surface area contributed by atoms with E-state index < -0.39 is 11.8 Å². The van der Waals surface area contributed by atoms with Crippen LogP contribution in [0.2, 0.25) is 15.1 Å². The maximum atomic E-state index is 13.1. The maximum Gasteiger partial charge on any atom is 0.270 e. The second kappa shape index (κ2) is 8.49. The Kier molecular flexibility index (Phi) is 6.25. The van der Waals surface area contributed by atoms with Crippen LogP contribution in [0.15, 0.2) is 42.0 Å². The van der Waals surface area contributed by atoms with Gasteiger partial charge in [-0.15, -0.1) is 0 Å². The molecule has 1 N–H and O–H groups in total. The average Bonchev–Trinajstić information content (AvgIpc) is 2.63. The fourth-order valence-electron chi connectivity index (χ4n) is 2.61. The summed E-state index contributed by atoms with van der Waals surface area (Å²) in [5, 5.41) is 3.19. The molecule has 28 heavy (non-hydrogen) atoms. The number of nitrogens with zero attached hydrogens (tertiary/aromatic N) is 1. The number of ether oxygens (including phenoxy) is 1. The number of carbonyl (C=O) groups excluding carboxylic acids is 2. The zero-order valence-electron chi connectivity index (χ0n) is 14.5. The van der Waals surface area contributed by atoms with Crippen molar-refractivity contribution in [3.8, 4) is 5.75 Å². The van der Waals surface area contributed by atoms with Gasteiger partial charge in [-0.2, -0.15) is 0 Å². The fourth-order valence-corrected chi connectivity index (χ4v) is 3.56. The molecule has 144 valence electrons. The van der Waals surface area contributed by atoms with Gasteiger partial charge in [0.15, 0.2) is 5.11 Å². The van der Waals surface area contributed by atoms with Crippen LogP contribution in [0.4, 0.5) is 5.69 Å². The third kappa shape index (κ3) is 4.15. The molecule has 2 amide bonds. The molecule has 0 spiro atoms. The Balaban J connectivity index is 2.05. The summed E-state index contributed by atoms with van der Waals surface area (Å²) in [6.45, 7) is 2.32. The molecule has 0 aromatic heterocycles. The van der Waals surface area contributed by atoms with Gasteiger partial charge in [-0.3, -0.25) is 19.8 Å². The predicted molar refractivity (Wildman–Crippen MR) is 115 cm³/mol. The zero-order chi connectivity index (χ0) is 20.4. The van der Waals surface area contributed by atoms with E-state index in [0.717, 1.165) is 0 Å². The number of thiocarbonyl (C=S) groups is 1. The van der Waals surface area contributed by atoms with Gasteiger partial charge in [0, 0.05) is 11.1 Å². The predicted octanol–water partition coefficient (Wildman–Crippen LogP) is 4.88. The van der Waals surface area contributed by atoms with Crippen molar-refractivity contribution in [2.75, 3.05) is 11.5 Å². The molecule has 2 aromatic carbocycles. The summed E-state index contributed by atoms with van der Waals surface area (Å²) >= 11 is 23.4. The molecule has 0 aliphatic carbocycles. The number of nitrogens with one attached hydrogen (secondary N) is 1. The van der Waals surface area contributed by atoms with Gasteiger partial charge in [0.1, 0.15) is 11.3 Å². The van der Waals surface area contributed by atoms with E-state index in [9.17, 15) is 9.59 Å². The lowest BCUT2D eigenvalue weighted by molar-refractivity contribution is -0.122. The van der Waals surface area contributed by atoms with Crippen LogP contribution in [0.1, 0.15) is 12.5 Å². The molecule has 0 bridgehead atoms. The van der Waals surface area contributed by atoms with E-state index in [-0.39, 0.29) is 20.7 Å². The SMILES string of the molecule is CCOc1cccc(N2C(=O)/C(=C\c3cc(Cl)cc(Cl)c3Cl)C(=O)NC2=S)c1. The quantitative estimate of drug-likeness (QED) is 0.309. The molecule has 9 heteroatoms. The lowest BCUT2D eigenvalue weighted by Crippen LogP contribution is -2.54. The summed E-state index contributed by atoms with van der Waals surface area (Å²) in [5.41, 5.74) is 0.645. The number of benzene rings is 2. The summed E-state index contributed by atoms with van der Waals surface area (Å²) in [5.74, 6) is -0.670. The monoisotopic (exact) mass is 454 g/mol. The third-order valence-electron chi connectivity index (χ3n) is 3.81. The second-order valence-corrected chi connectivity index (χ2v) is 7.29. The highest BCUT2D eigenvalue weighted by Gasteiger charge is 2.34. The lowest BCUT2D eigenvalue weighted by atomic mass is 10.1. The molecule has 1 aliphatic heterocycles. The number of anilines is 1. The number of hydrogen-bond donors (Lipinski definition) is 1. The van der Waals surface area contributed by atoms with Gasteiger partial charge in [-0.05, 0) is 55.0 Å². The minimum Gasteiger partial charge on any atom is -0.494 e. The van der Waals surface area contributed by atoms with Gasteiger partial charge in [0.05, 0.1) is 22.3 Å². The average molecular weight is 456 g/mol. The maximum absolute atomic E-state index is 13.1. The Morgan fingerprint density at radius 1 is 1.18 bits per heavy atom. The van der Waals surface area contributed by atoms with E-state index in [2.05, 4.69) is 5.32 Å². The number of amides is 2. The molecule has 0 saturated carbocycles. The molecule has 1 saturated heterocycles. The van der Waals surface area contributed by atoms with Gasteiger partial charge in [-0.25, -0.2) is 0 Å². The number of halogens is 3. The molecule has 1 aliphatic rings. The smallest absolute Gasteiger partial charge is 0.270 e. The van der Waals surface area contributed by atoms with Gasteiger partial charge >= 0.3 is 0 Å². The van der Waals surface area contributed by atoms with E-state index in [0.29, 0.717) is 28.6 Å². The summed E-state index contributed by atoms with van der Waals surface area (Å²) in [4.78, 5) is 26.7. The fraction of sp³-hybridized carbons (Fsp3) is 0.105. The molecule has 3 rings (SSSR count). The Hall–Kier alpha value is -2.12. The van der Waals surface area contributed by atoms with Crippen molar-refractivity contribution in [1.82, 2.24) is 5.32 Å². The summed E-state index contributed by atoms with van der Waals surface area (Å²) in [7, 11) is 0. The highest BCUT2D eigenvalue weighted by molar-refractivity contribution is 7.80. The van der Waals surface area contributed by atoms with Crippen LogP contribution in [0.25, 0.3) is 6.08 Å². The van der Waals surface area contributed by atoms with E-state index in [1.807, 2.05) is 6.92 Å². The van der Waals surface area contributed by atoms with E-state index in [1.165, 1.54) is 23.1 Å². The zero-order valence-corrected chi connectivity index (χ0v) is 17.5. The second-order valence-electron chi connectivity index (χ2n) is 5.68. The first kappa shape index (κ1) is 20.6. The molecule has 1 heterocycles. The number of carbonyl (C=O) groups is 2. The number of hydrogen-bond acceptors (Lipinski definition) is 4. The first-order valence-electron chi connectivity index (χ1n) is 8.10. The van der Waals surface area contributed by atoms with Crippen LogP contribution in [-0.2, 0) is 9.59 Å². The van der Waals surface area contributed by atoms with E-state index in [4.69, 9.17) is 51.8 Å². The van der Waals surface area contributed by atoms with Crippen LogP contribution >= 0.6 is 47.0 Å². The molecule has 2 aromatic rings. The molecule has 5 nitrogen and oxygen atoms in total. The first-order valence-corrected chi connectivity index (χ1v) is 9.65. The molecule has 0 unspecified atom stereocenters. The Morgan fingerprint density at radius 3 is 2.64 bits per heavy atom. The van der Waals surface area contributed by atoms with Crippen molar-refractivity contribution in [3.63, 3.8) is 0 Å². The van der Waals surface area contributed by atoms with E-state index >= 15 is 0 Å². The van der Waals surface area contributed by atoms with Crippen molar-refractivity contribution in [3.05, 3.63) is 62.6 Å². The number of rotatable bonds is 4. The van der Waals surface area contributed by atoms with E-state index in [1.54, 1.807) is 24.3 Å². The van der Waals surface area contributed by atoms with Crippen molar-refractivity contribution < 1.29 is 14.3 Å². The minimum absolute atomic E-state index is 0.0315. The van der Waals surface area contributed by atoms with Gasteiger partial charge < -0.3 is 4.74 Å². The van der Waals surface area contributed by atoms with Gasteiger partial charge in [-0.1, -0.05) is 40.9 Å². The molecule has 1 fully saturated rings. The third-order valence-corrected chi connectivity index (χ3v) is 5.13. The van der Waals surface area contributed by atoms with Crippen LogP contribution < -0.4 is 15.0 Å². The first-order chi connectivity index (χ1) is 13.3. The van der Waals surface area contributed by atoms with Crippen molar-refractivity contribution in [2.24, 2.45) is 0 Å². The Bertz CT molecular complexity index is 1020. The van der Waals surface area contributed by atoms with Crippen LogP contribution in [0.5, 0.6) is 5.75 Å². The van der Waals surface area contributed by atoms with Gasteiger partial charge in [0.25, 0.3) is 11.8 Å². The summed E-state index contributed by atoms with van der Waals surface area (Å²) in [6.07, 6.45) is 1.33. The van der Waals surface area contributed by atoms with Gasteiger partial charge in [0.2, 0.25) is 0 Å². The Morgan fingerprint density at radius 2 is 1.93 bits per heavy atom. The Labute approximate surface area is 181 Å². The normalized spacial score (nSPS) is 15.8. The lowest BCUT2D eigenvalue weighted by Gasteiger charge is -2.29. The molecule has 0 radical (unpaired) electrons. The van der Waals surface area contributed by atoms with Crippen molar-refractivity contribution >= 4 is 75.7 Å². The minimum atomic E-state index is -0.639. The standard InChI is InChI=1S/C19H13Cl3N2O3S/c1-2-27-13-5-3-4-12(9-13)24-18(26)14(17(25)23-19(24)28)7-10-6-11(20)8-15(21)16(10)22/h3-9H,2H2,1H3,(H,23,25,28)/b14-7-. The highest BCUT2D eigenvalue weighted by Crippen LogP contribution is 2.32. The molecular formula is C19H13Cl3N2O3S. The van der Waals surface area contributed by atoms with Crippen molar-refractivity contribution in [2.45, 2.75) is 6.92 Å². The highest BCUT2D eigenvalue weighted by atomic mass is 35.5. The summed E-state index contributed by atoms with van der Waals surface area (Å²) < 4.78 is 5.46. The van der Waals surface area contributed by atoms with Crippen LogP contribution in [-0.4, -0.2) is 23.5 Å². The van der Waals surface area contributed by atoms with Crippen LogP contribution in [0, 0.1) is 0 Å². The topological polar surface area (TPSA) is 58.6 Å². The molecular weight excluding hydrogens is 443 g/mol. The molecule has 0 atom stereocenters.